The van der Waals surface area contributed by atoms with Gasteiger partial charge in [0.2, 0.25) is 11.8 Å². The van der Waals surface area contributed by atoms with Gasteiger partial charge in [0.05, 0.1) is 18.5 Å². The van der Waals surface area contributed by atoms with Crippen LogP contribution in [0.1, 0.15) is 32.6 Å². The van der Waals surface area contributed by atoms with Crippen molar-refractivity contribution in [3.05, 3.63) is 23.4 Å². The van der Waals surface area contributed by atoms with Gasteiger partial charge in [0.1, 0.15) is 0 Å². The molecule has 0 atom stereocenters. The molecule has 6 nitrogen and oxygen atoms in total. The molecule has 0 saturated heterocycles. The van der Waals surface area contributed by atoms with E-state index < -0.39 is 5.82 Å². The second kappa shape index (κ2) is 7.34. The van der Waals surface area contributed by atoms with Crippen LogP contribution >= 0.6 is 11.6 Å². The highest BCUT2D eigenvalue weighted by Crippen LogP contribution is 2.29. The van der Waals surface area contributed by atoms with Gasteiger partial charge >= 0.3 is 0 Å². The van der Waals surface area contributed by atoms with Gasteiger partial charge in [-0.25, -0.2) is 4.98 Å². The van der Waals surface area contributed by atoms with Crippen LogP contribution in [0.5, 0.6) is 5.88 Å². The normalized spacial score (nSPS) is 20.8. The molecule has 0 aliphatic heterocycles. The summed E-state index contributed by atoms with van der Waals surface area (Å²) in [5, 5.41) is 7.23. The molecule has 0 unspecified atom stereocenters. The number of aryl methyl sites for hydroxylation is 1. The van der Waals surface area contributed by atoms with Gasteiger partial charge in [-0.1, -0.05) is 31.4 Å². The minimum atomic E-state index is -0.568. The first-order valence-corrected chi connectivity index (χ1v) is 8.50. The molecule has 8 heteroatoms. The van der Waals surface area contributed by atoms with Crippen molar-refractivity contribution in [2.45, 2.75) is 32.6 Å². The first-order chi connectivity index (χ1) is 11.5. The standard InChI is InChI=1S/C16H21ClFN5O/c1-10-3-5-11(6-4-10)9-24-15-12(18)7-19-16(21-15)20-13-8-23(2)22-14(13)17/h7-8,10-11H,3-6,9H2,1-2H3,(H,19,20,21). The molecule has 1 aliphatic carbocycles. The molecule has 1 aliphatic rings. The Kier molecular flexibility index (Phi) is 5.18. The summed E-state index contributed by atoms with van der Waals surface area (Å²) < 4.78 is 21.1. The van der Waals surface area contributed by atoms with E-state index in [1.165, 1.54) is 12.8 Å². The minimum Gasteiger partial charge on any atom is -0.475 e. The first kappa shape index (κ1) is 17.0. The molecule has 1 N–H and O–H groups in total. The monoisotopic (exact) mass is 353 g/mol. The van der Waals surface area contributed by atoms with Crippen molar-refractivity contribution in [1.82, 2.24) is 19.7 Å². The van der Waals surface area contributed by atoms with E-state index >= 15 is 0 Å². The van der Waals surface area contributed by atoms with Gasteiger partial charge < -0.3 is 10.1 Å². The van der Waals surface area contributed by atoms with Gasteiger partial charge in [0.15, 0.2) is 5.15 Å². The van der Waals surface area contributed by atoms with Crippen LogP contribution in [-0.4, -0.2) is 26.4 Å². The van der Waals surface area contributed by atoms with E-state index in [2.05, 4.69) is 27.3 Å². The van der Waals surface area contributed by atoms with Crippen molar-refractivity contribution in [2.75, 3.05) is 11.9 Å². The van der Waals surface area contributed by atoms with Crippen LogP contribution in [-0.2, 0) is 7.05 Å². The topological polar surface area (TPSA) is 64.9 Å². The van der Waals surface area contributed by atoms with Crippen molar-refractivity contribution >= 4 is 23.2 Å². The van der Waals surface area contributed by atoms with Crippen molar-refractivity contribution in [3.8, 4) is 5.88 Å². The maximum absolute atomic E-state index is 13.9. The van der Waals surface area contributed by atoms with Gasteiger partial charge in [-0.2, -0.15) is 14.5 Å². The van der Waals surface area contributed by atoms with Crippen molar-refractivity contribution in [3.63, 3.8) is 0 Å². The predicted molar refractivity (Wildman–Crippen MR) is 90.1 cm³/mol. The van der Waals surface area contributed by atoms with Crippen LogP contribution in [0.4, 0.5) is 16.0 Å². The van der Waals surface area contributed by atoms with Gasteiger partial charge in [-0.05, 0) is 24.7 Å². The van der Waals surface area contributed by atoms with Gasteiger partial charge in [0, 0.05) is 13.2 Å². The number of hydrogen-bond acceptors (Lipinski definition) is 5. The van der Waals surface area contributed by atoms with E-state index in [1.54, 1.807) is 17.9 Å². The number of halogens is 2. The zero-order valence-electron chi connectivity index (χ0n) is 13.8. The van der Waals surface area contributed by atoms with Crippen LogP contribution in [0, 0.1) is 17.7 Å². The highest BCUT2D eigenvalue weighted by atomic mass is 35.5. The second-order valence-electron chi connectivity index (χ2n) is 6.42. The Bertz CT molecular complexity index is 700. The Morgan fingerprint density at radius 3 is 2.79 bits per heavy atom. The van der Waals surface area contributed by atoms with E-state index in [0.717, 1.165) is 25.0 Å². The lowest BCUT2D eigenvalue weighted by Gasteiger charge is -2.25. The van der Waals surface area contributed by atoms with Gasteiger partial charge in [0.25, 0.3) is 5.88 Å². The maximum Gasteiger partial charge on any atom is 0.255 e. The van der Waals surface area contributed by atoms with Crippen molar-refractivity contribution < 1.29 is 9.13 Å². The number of aromatic nitrogens is 4. The van der Waals surface area contributed by atoms with E-state index in [1.807, 2.05) is 0 Å². The van der Waals surface area contributed by atoms with Crippen LogP contribution < -0.4 is 10.1 Å². The molecule has 1 fully saturated rings. The molecule has 0 bridgehead atoms. The molecular weight excluding hydrogens is 333 g/mol. The molecule has 1 saturated carbocycles. The number of nitrogens with one attached hydrogen (secondary N) is 1. The third-order valence-corrected chi connectivity index (χ3v) is 4.61. The third kappa shape index (κ3) is 4.14. The molecule has 2 aromatic heterocycles. The van der Waals surface area contributed by atoms with Gasteiger partial charge in [-0.15, -0.1) is 0 Å². The van der Waals surface area contributed by atoms with Crippen LogP contribution in [0.25, 0.3) is 0 Å². The molecule has 0 radical (unpaired) electrons. The molecule has 2 heterocycles. The Hall–Kier alpha value is -1.89. The summed E-state index contributed by atoms with van der Waals surface area (Å²) >= 11 is 5.99. The summed E-state index contributed by atoms with van der Waals surface area (Å²) in [6.45, 7) is 2.75. The summed E-state index contributed by atoms with van der Waals surface area (Å²) in [6.07, 6.45) is 7.42. The quantitative estimate of drug-likeness (QED) is 0.881. The fourth-order valence-electron chi connectivity index (χ4n) is 2.87. The lowest BCUT2D eigenvalue weighted by atomic mass is 9.83. The van der Waals surface area contributed by atoms with Crippen LogP contribution in [0.3, 0.4) is 0 Å². The lowest BCUT2D eigenvalue weighted by Crippen LogP contribution is -2.19. The zero-order chi connectivity index (χ0) is 17.1. The molecule has 0 spiro atoms. The van der Waals surface area contributed by atoms with E-state index in [4.69, 9.17) is 16.3 Å². The summed E-state index contributed by atoms with van der Waals surface area (Å²) in [5.74, 6) is 0.850. The molecule has 2 aromatic rings. The van der Waals surface area contributed by atoms with E-state index in [0.29, 0.717) is 23.4 Å². The fraction of sp³-hybridized carbons (Fsp3) is 0.562. The summed E-state index contributed by atoms with van der Waals surface area (Å²) in [4.78, 5) is 8.02. The average molecular weight is 354 g/mol. The largest absolute Gasteiger partial charge is 0.475 e. The fourth-order valence-corrected chi connectivity index (χ4v) is 3.09. The molecule has 0 amide bonds. The number of rotatable bonds is 5. The third-order valence-electron chi connectivity index (χ3n) is 4.33. The van der Waals surface area contributed by atoms with Gasteiger partial charge in [-0.3, -0.25) is 4.68 Å². The Morgan fingerprint density at radius 1 is 1.38 bits per heavy atom. The number of anilines is 2. The van der Waals surface area contributed by atoms with Crippen LogP contribution in [0.15, 0.2) is 12.4 Å². The highest BCUT2D eigenvalue weighted by Gasteiger charge is 2.20. The highest BCUT2D eigenvalue weighted by molar-refractivity contribution is 6.32. The number of ether oxygens (including phenoxy) is 1. The Balaban J connectivity index is 1.64. The molecular formula is C16H21ClFN5O. The maximum atomic E-state index is 13.9. The van der Waals surface area contributed by atoms with Crippen LogP contribution in [0.2, 0.25) is 5.15 Å². The average Bonchev–Trinajstić information content (AvgIpc) is 2.87. The predicted octanol–water partition coefficient (Wildman–Crippen LogP) is 3.95. The minimum absolute atomic E-state index is 0.0360. The Morgan fingerprint density at radius 2 is 2.12 bits per heavy atom. The lowest BCUT2D eigenvalue weighted by molar-refractivity contribution is 0.178. The summed E-state index contributed by atoms with van der Waals surface area (Å²) in [7, 11) is 1.75. The van der Waals surface area contributed by atoms with E-state index in [9.17, 15) is 4.39 Å². The van der Waals surface area contributed by atoms with E-state index in [-0.39, 0.29) is 11.8 Å². The Labute approximate surface area is 145 Å². The smallest absolute Gasteiger partial charge is 0.255 e. The zero-order valence-corrected chi connectivity index (χ0v) is 14.6. The molecule has 24 heavy (non-hydrogen) atoms. The molecule has 0 aromatic carbocycles. The molecule has 130 valence electrons. The van der Waals surface area contributed by atoms with Crippen molar-refractivity contribution in [1.29, 1.82) is 0 Å². The summed E-state index contributed by atoms with van der Waals surface area (Å²) in [5.41, 5.74) is 0.554. The first-order valence-electron chi connectivity index (χ1n) is 8.12. The number of hydrogen-bond donors (Lipinski definition) is 1. The molecule has 3 rings (SSSR count). The van der Waals surface area contributed by atoms with Crippen molar-refractivity contribution in [2.24, 2.45) is 18.9 Å². The summed E-state index contributed by atoms with van der Waals surface area (Å²) in [6, 6.07) is 0. The second-order valence-corrected chi connectivity index (χ2v) is 6.77. The SMILES string of the molecule is CC1CCC(COc2nc(Nc3cn(C)nc3Cl)ncc2F)CC1. The number of nitrogens with zero attached hydrogens (tertiary/aromatic N) is 4.